The molecule has 0 unspecified atom stereocenters. The summed E-state index contributed by atoms with van der Waals surface area (Å²) in [4.78, 5) is 20.2. The van der Waals surface area contributed by atoms with Crippen molar-refractivity contribution >= 4 is 34.0 Å². The lowest BCUT2D eigenvalue weighted by Gasteiger charge is -2.10. The number of benzene rings is 2. The minimum Gasteiger partial charge on any atom is -0.375 e. The largest absolute Gasteiger partial charge is 0.375 e. The van der Waals surface area contributed by atoms with Crippen LogP contribution < -0.4 is 10.6 Å². The molecule has 0 aliphatic carbocycles. The van der Waals surface area contributed by atoms with Crippen LogP contribution in [0.15, 0.2) is 48.8 Å². The fourth-order valence-electron chi connectivity index (χ4n) is 2.42. The van der Waals surface area contributed by atoms with E-state index in [0.29, 0.717) is 5.69 Å². The number of amides is 1. The minimum atomic E-state index is -0.205. The number of carbonyl (C=O) groups is 1. The van der Waals surface area contributed by atoms with Crippen molar-refractivity contribution in [3.63, 3.8) is 0 Å². The summed E-state index contributed by atoms with van der Waals surface area (Å²) in [5.74, 6) is 0.518. The Hall–Kier alpha value is -2.99. The number of hydrogen-bond donors (Lipinski definition) is 2. The molecule has 1 aromatic heterocycles. The predicted octanol–water partition coefficient (Wildman–Crippen LogP) is 3.27. The van der Waals surface area contributed by atoms with Crippen molar-refractivity contribution in [2.24, 2.45) is 0 Å². The van der Waals surface area contributed by atoms with Crippen LogP contribution in [0.5, 0.6) is 0 Å². The SMILES string of the molecule is COCC(=O)Nc1ccc2c(Nc3cccc(C)c3)ncnc2c1. The molecule has 0 saturated carbocycles. The van der Waals surface area contributed by atoms with Crippen molar-refractivity contribution in [3.05, 3.63) is 54.4 Å². The number of carbonyl (C=O) groups excluding carboxylic acids is 1. The van der Waals surface area contributed by atoms with Gasteiger partial charge in [0.05, 0.1) is 5.52 Å². The monoisotopic (exact) mass is 322 g/mol. The van der Waals surface area contributed by atoms with Crippen molar-refractivity contribution in [1.29, 1.82) is 0 Å². The normalized spacial score (nSPS) is 10.6. The summed E-state index contributed by atoms with van der Waals surface area (Å²) in [6.45, 7) is 2.06. The van der Waals surface area contributed by atoms with Gasteiger partial charge in [-0.25, -0.2) is 9.97 Å². The van der Waals surface area contributed by atoms with Gasteiger partial charge in [-0.3, -0.25) is 4.79 Å². The lowest BCUT2D eigenvalue weighted by atomic mass is 10.2. The first-order chi connectivity index (χ1) is 11.7. The molecule has 0 atom stereocenters. The number of nitrogens with one attached hydrogen (secondary N) is 2. The molecule has 0 spiro atoms. The molecule has 0 fully saturated rings. The molecule has 1 heterocycles. The Bertz CT molecular complexity index is 880. The second-order valence-corrected chi connectivity index (χ2v) is 5.43. The lowest BCUT2D eigenvalue weighted by Crippen LogP contribution is -2.17. The van der Waals surface area contributed by atoms with Crippen LogP contribution in [-0.4, -0.2) is 29.6 Å². The van der Waals surface area contributed by atoms with Crippen LogP contribution in [0.3, 0.4) is 0 Å². The van der Waals surface area contributed by atoms with Crippen molar-refractivity contribution in [2.45, 2.75) is 6.92 Å². The summed E-state index contributed by atoms with van der Waals surface area (Å²) >= 11 is 0. The van der Waals surface area contributed by atoms with Gasteiger partial charge in [0.2, 0.25) is 5.91 Å². The van der Waals surface area contributed by atoms with E-state index in [2.05, 4.69) is 20.6 Å². The topological polar surface area (TPSA) is 76.1 Å². The summed E-state index contributed by atoms with van der Waals surface area (Å²) in [6, 6.07) is 13.6. The molecule has 0 aliphatic heterocycles. The van der Waals surface area contributed by atoms with Gasteiger partial charge >= 0.3 is 0 Å². The van der Waals surface area contributed by atoms with E-state index in [1.165, 1.54) is 19.0 Å². The quantitative estimate of drug-likeness (QED) is 0.754. The van der Waals surface area contributed by atoms with Gasteiger partial charge in [0, 0.05) is 23.9 Å². The van der Waals surface area contributed by atoms with Gasteiger partial charge in [0.15, 0.2) is 0 Å². The predicted molar refractivity (Wildman–Crippen MR) is 94.5 cm³/mol. The molecule has 2 aromatic carbocycles. The van der Waals surface area contributed by atoms with Gasteiger partial charge in [-0.2, -0.15) is 0 Å². The highest BCUT2D eigenvalue weighted by Crippen LogP contribution is 2.25. The zero-order chi connectivity index (χ0) is 16.9. The molecule has 0 saturated heterocycles. The maximum absolute atomic E-state index is 11.6. The number of aromatic nitrogens is 2. The van der Waals surface area contributed by atoms with E-state index < -0.39 is 0 Å². The minimum absolute atomic E-state index is 0.0158. The Morgan fingerprint density at radius 1 is 1.12 bits per heavy atom. The third-order valence-electron chi connectivity index (χ3n) is 3.48. The van der Waals surface area contributed by atoms with Crippen LogP contribution in [0, 0.1) is 6.92 Å². The highest BCUT2D eigenvalue weighted by molar-refractivity contribution is 5.97. The molecule has 1 amide bonds. The van der Waals surface area contributed by atoms with E-state index in [1.54, 1.807) is 0 Å². The van der Waals surface area contributed by atoms with E-state index in [4.69, 9.17) is 4.74 Å². The molecule has 24 heavy (non-hydrogen) atoms. The van der Waals surface area contributed by atoms with Gasteiger partial charge in [0.1, 0.15) is 18.8 Å². The summed E-state index contributed by atoms with van der Waals surface area (Å²) in [5.41, 5.74) is 3.55. The standard InChI is InChI=1S/C18H18N4O2/c1-12-4-3-5-13(8-12)22-18-15-7-6-14(21-17(23)10-24-2)9-16(15)19-11-20-18/h3-9,11H,10H2,1-2H3,(H,21,23)(H,19,20,22). The Morgan fingerprint density at radius 3 is 2.79 bits per heavy atom. The number of nitrogens with zero attached hydrogens (tertiary/aromatic N) is 2. The Morgan fingerprint density at radius 2 is 2.00 bits per heavy atom. The molecule has 0 aliphatic rings. The first kappa shape index (κ1) is 15.9. The number of rotatable bonds is 5. The van der Waals surface area contributed by atoms with Gasteiger partial charge in [0.25, 0.3) is 0 Å². The summed E-state index contributed by atoms with van der Waals surface area (Å²) in [5, 5.41) is 6.96. The van der Waals surface area contributed by atoms with Crippen LogP contribution in [0.4, 0.5) is 17.2 Å². The van der Waals surface area contributed by atoms with Gasteiger partial charge in [-0.15, -0.1) is 0 Å². The van der Waals surface area contributed by atoms with E-state index in [1.807, 2.05) is 49.4 Å². The fourth-order valence-corrected chi connectivity index (χ4v) is 2.42. The first-order valence-electron chi connectivity index (χ1n) is 7.53. The number of anilines is 3. The average molecular weight is 322 g/mol. The first-order valence-corrected chi connectivity index (χ1v) is 7.53. The second-order valence-electron chi connectivity index (χ2n) is 5.43. The lowest BCUT2D eigenvalue weighted by molar-refractivity contribution is -0.119. The number of fused-ring (bicyclic) bond motifs is 1. The third kappa shape index (κ3) is 3.67. The van der Waals surface area contributed by atoms with Gasteiger partial charge in [-0.05, 0) is 42.8 Å². The van der Waals surface area contributed by atoms with Crippen LogP contribution >= 0.6 is 0 Å². The zero-order valence-electron chi connectivity index (χ0n) is 13.5. The van der Waals surface area contributed by atoms with E-state index in [9.17, 15) is 4.79 Å². The Labute approximate surface area is 139 Å². The van der Waals surface area contributed by atoms with Crippen LogP contribution in [-0.2, 0) is 9.53 Å². The highest BCUT2D eigenvalue weighted by atomic mass is 16.5. The molecule has 0 bridgehead atoms. The zero-order valence-corrected chi connectivity index (χ0v) is 13.5. The molecule has 6 heteroatoms. The highest BCUT2D eigenvalue weighted by Gasteiger charge is 2.07. The molecule has 6 nitrogen and oxygen atoms in total. The maximum atomic E-state index is 11.6. The number of ether oxygens (including phenoxy) is 1. The average Bonchev–Trinajstić information content (AvgIpc) is 2.55. The van der Waals surface area contributed by atoms with E-state index >= 15 is 0 Å². The summed E-state index contributed by atoms with van der Waals surface area (Å²) < 4.78 is 4.81. The summed E-state index contributed by atoms with van der Waals surface area (Å²) in [6.07, 6.45) is 1.50. The van der Waals surface area contributed by atoms with Crippen molar-refractivity contribution in [2.75, 3.05) is 24.4 Å². The smallest absolute Gasteiger partial charge is 0.250 e. The summed E-state index contributed by atoms with van der Waals surface area (Å²) in [7, 11) is 1.48. The number of methoxy groups -OCH3 is 1. The number of aryl methyl sites for hydroxylation is 1. The molecule has 3 rings (SSSR count). The van der Waals surface area contributed by atoms with Crippen molar-refractivity contribution < 1.29 is 9.53 Å². The molecule has 3 aromatic rings. The number of hydrogen-bond acceptors (Lipinski definition) is 5. The molecular weight excluding hydrogens is 304 g/mol. The third-order valence-corrected chi connectivity index (χ3v) is 3.48. The van der Waals surface area contributed by atoms with Gasteiger partial charge < -0.3 is 15.4 Å². The maximum Gasteiger partial charge on any atom is 0.250 e. The van der Waals surface area contributed by atoms with Crippen molar-refractivity contribution in [3.8, 4) is 0 Å². The molecule has 0 radical (unpaired) electrons. The second kappa shape index (κ2) is 7.06. The Kier molecular flexibility index (Phi) is 4.67. The van der Waals surface area contributed by atoms with Gasteiger partial charge in [-0.1, -0.05) is 12.1 Å². The van der Waals surface area contributed by atoms with Crippen LogP contribution in [0.2, 0.25) is 0 Å². The Balaban J connectivity index is 1.89. The molecule has 2 N–H and O–H groups in total. The molecular formula is C18H18N4O2. The van der Waals surface area contributed by atoms with Crippen LogP contribution in [0.1, 0.15) is 5.56 Å². The van der Waals surface area contributed by atoms with E-state index in [-0.39, 0.29) is 12.5 Å². The fraction of sp³-hybridized carbons (Fsp3) is 0.167. The molecule has 122 valence electrons. The van der Waals surface area contributed by atoms with Crippen LogP contribution in [0.25, 0.3) is 10.9 Å². The van der Waals surface area contributed by atoms with Crippen molar-refractivity contribution in [1.82, 2.24) is 9.97 Å². The van der Waals surface area contributed by atoms with E-state index in [0.717, 1.165) is 22.4 Å².